The summed E-state index contributed by atoms with van der Waals surface area (Å²) in [5.74, 6) is 0.960. The normalized spacial score (nSPS) is 22.2. The first-order chi connectivity index (χ1) is 17.8. The van der Waals surface area contributed by atoms with E-state index < -0.39 is 0 Å². The number of aryl methyl sites for hydroxylation is 1. The fourth-order valence-corrected chi connectivity index (χ4v) is 6.85. The number of nitrogens with one attached hydrogen (secondary N) is 1. The highest BCUT2D eigenvalue weighted by molar-refractivity contribution is 5.92. The third-order valence-electron chi connectivity index (χ3n) is 9.27. The summed E-state index contributed by atoms with van der Waals surface area (Å²) in [6.07, 6.45) is 8.48. The van der Waals surface area contributed by atoms with Crippen molar-refractivity contribution in [2.24, 2.45) is 5.41 Å². The van der Waals surface area contributed by atoms with E-state index in [4.69, 9.17) is 0 Å². The largest absolute Gasteiger partial charge is 0.396 e. The molecule has 0 spiro atoms. The van der Waals surface area contributed by atoms with Crippen molar-refractivity contribution in [2.75, 3.05) is 26.3 Å². The van der Waals surface area contributed by atoms with Gasteiger partial charge in [-0.3, -0.25) is 4.90 Å². The number of rotatable bonds is 6. The Morgan fingerprint density at radius 2 is 1.78 bits per heavy atom. The average molecular weight is 502 g/mol. The third-order valence-corrected chi connectivity index (χ3v) is 9.27. The molecule has 3 N–H and O–H groups in total. The smallest absolute Gasteiger partial charge is 0.158 e. The summed E-state index contributed by atoms with van der Waals surface area (Å²) in [4.78, 5) is 10.7. The number of H-pyrrole nitrogens is 1. The van der Waals surface area contributed by atoms with Crippen LogP contribution < -0.4 is 0 Å². The molecular formula is C30H39N5O2. The maximum absolute atomic E-state index is 9.63. The van der Waals surface area contributed by atoms with Crippen molar-refractivity contribution in [3.63, 3.8) is 0 Å². The molecule has 1 saturated heterocycles. The summed E-state index contributed by atoms with van der Waals surface area (Å²) < 4.78 is 1.89. The van der Waals surface area contributed by atoms with Crippen LogP contribution in [0.1, 0.15) is 73.6 Å². The topological polar surface area (TPSA) is 89.7 Å². The Kier molecular flexibility index (Phi) is 6.13. The number of aliphatic hydroxyl groups excluding tert-OH is 2. The first-order valence-corrected chi connectivity index (χ1v) is 13.8. The second kappa shape index (κ2) is 9.22. The Balaban J connectivity index is 1.28. The van der Waals surface area contributed by atoms with Gasteiger partial charge in [-0.2, -0.15) is 5.10 Å². The van der Waals surface area contributed by atoms with Crippen LogP contribution in [0.4, 0.5) is 0 Å². The monoisotopic (exact) mass is 501 g/mol. The Morgan fingerprint density at radius 3 is 2.46 bits per heavy atom. The number of fused-ring (bicyclic) bond motifs is 2. The van der Waals surface area contributed by atoms with Crippen molar-refractivity contribution >= 4 is 16.6 Å². The summed E-state index contributed by atoms with van der Waals surface area (Å²) in [7, 11) is 0. The Labute approximate surface area is 218 Å². The van der Waals surface area contributed by atoms with Gasteiger partial charge in [0.25, 0.3) is 0 Å². The Hall–Kier alpha value is -2.74. The van der Waals surface area contributed by atoms with E-state index in [-0.39, 0.29) is 18.6 Å². The molecule has 1 aliphatic heterocycles. The van der Waals surface area contributed by atoms with Crippen LogP contribution in [0, 0.1) is 19.3 Å². The van der Waals surface area contributed by atoms with E-state index in [0.717, 1.165) is 18.7 Å². The van der Waals surface area contributed by atoms with Crippen LogP contribution >= 0.6 is 0 Å². The molecule has 0 radical (unpaired) electrons. The molecule has 0 amide bonds. The van der Waals surface area contributed by atoms with Crippen LogP contribution in [0.2, 0.25) is 0 Å². The second-order valence-corrected chi connectivity index (χ2v) is 11.9. The van der Waals surface area contributed by atoms with Crippen LogP contribution in [0.15, 0.2) is 30.7 Å². The number of benzene rings is 1. The molecule has 1 aliphatic carbocycles. The van der Waals surface area contributed by atoms with Gasteiger partial charge in [-0.25, -0.2) is 9.50 Å². The standard InChI is InChI=1S/C30H39N5O2/c1-18(2)27-24-11-22(21-5-8-23(9-6-21)34-13-30(14-34,15-36)16-37)7-10-26(24)33-28(27)25-12-35-29(31-17-32-35)20(4)19(25)3/h7,10-12,17-18,21,23,33,36-37H,5-6,8-9,13-16H2,1-4H3. The van der Waals surface area contributed by atoms with E-state index in [1.54, 1.807) is 6.33 Å². The summed E-state index contributed by atoms with van der Waals surface area (Å²) in [5, 5.41) is 25.0. The molecular weight excluding hydrogens is 462 g/mol. The van der Waals surface area contributed by atoms with E-state index >= 15 is 0 Å². The summed E-state index contributed by atoms with van der Waals surface area (Å²) in [6.45, 7) is 10.7. The minimum atomic E-state index is -0.281. The minimum absolute atomic E-state index is 0.0813. The fraction of sp³-hybridized carbons (Fsp3) is 0.533. The van der Waals surface area contributed by atoms with Crippen molar-refractivity contribution in [1.82, 2.24) is 24.5 Å². The Bertz CT molecular complexity index is 1430. The number of aliphatic hydroxyl groups is 2. The van der Waals surface area contributed by atoms with Gasteiger partial charge < -0.3 is 15.2 Å². The highest BCUT2D eigenvalue weighted by atomic mass is 16.3. The lowest BCUT2D eigenvalue weighted by molar-refractivity contribution is -0.0992. The maximum Gasteiger partial charge on any atom is 0.158 e. The van der Waals surface area contributed by atoms with Gasteiger partial charge in [-0.1, -0.05) is 19.9 Å². The number of aromatic amines is 1. The molecule has 7 heteroatoms. The molecule has 3 aromatic heterocycles. The number of nitrogens with zero attached hydrogens (tertiary/aromatic N) is 4. The van der Waals surface area contributed by atoms with Gasteiger partial charge >= 0.3 is 0 Å². The molecule has 37 heavy (non-hydrogen) atoms. The second-order valence-electron chi connectivity index (χ2n) is 11.9. The molecule has 0 atom stereocenters. The number of hydrogen-bond donors (Lipinski definition) is 3. The first-order valence-electron chi connectivity index (χ1n) is 13.8. The molecule has 196 valence electrons. The zero-order valence-corrected chi connectivity index (χ0v) is 22.5. The number of hydrogen-bond acceptors (Lipinski definition) is 5. The van der Waals surface area contributed by atoms with Crippen LogP contribution in [0.25, 0.3) is 27.8 Å². The molecule has 4 aromatic rings. The van der Waals surface area contributed by atoms with Crippen LogP contribution in [0.5, 0.6) is 0 Å². The quantitative estimate of drug-likeness (QED) is 0.349. The summed E-state index contributed by atoms with van der Waals surface area (Å²) in [5.41, 5.74) is 9.43. The Morgan fingerprint density at radius 1 is 1.05 bits per heavy atom. The van der Waals surface area contributed by atoms with Crippen molar-refractivity contribution in [2.45, 2.75) is 71.3 Å². The molecule has 1 saturated carbocycles. The van der Waals surface area contributed by atoms with E-state index in [0.29, 0.717) is 17.9 Å². The van der Waals surface area contributed by atoms with Gasteiger partial charge in [0.1, 0.15) is 6.33 Å². The van der Waals surface area contributed by atoms with Crippen LogP contribution in [-0.2, 0) is 0 Å². The lowest BCUT2D eigenvalue weighted by Gasteiger charge is -2.53. The van der Waals surface area contributed by atoms with Crippen molar-refractivity contribution in [3.05, 3.63) is 53.0 Å². The molecule has 0 unspecified atom stereocenters. The van der Waals surface area contributed by atoms with Crippen molar-refractivity contribution in [3.8, 4) is 11.3 Å². The van der Waals surface area contributed by atoms with Gasteiger partial charge in [0.15, 0.2) is 5.65 Å². The van der Waals surface area contributed by atoms with Gasteiger partial charge in [0.05, 0.1) is 18.9 Å². The van der Waals surface area contributed by atoms with Gasteiger partial charge in [0.2, 0.25) is 0 Å². The molecule has 2 fully saturated rings. The van der Waals surface area contributed by atoms with E-state index in [1.807, 2.05) is 4.52 Å². The molecule has 7 nitrogen and oxygen atoms in total. The average Bonchev–Trinajstić information content (AvgIpc) is 3.51. The predicted octanol–water partition coefficient (Wildman–Crippen LogP) is 4.93. The number of likely N-dealkylation sites (tertiary alicyclic amines) is 1. The van der Waals surface area contributed by atoms with Crippen LogP contribution in [-0.4, -0.2) is 67.0 Å². The van der Waals surface area contributed by atoms with E-state index in [2.05, 4.69) is 72.1 Å². The molecule has 4 heterocycles. The highest BCUT2D eigenvalue weighted by Gasteiger charge is 2.45. The zero-order valence-electron chi connectivity index (χ0n) is 22.5. The van der Waals surface area contributed by atoms with Gasteiger partial charge in [-0.15, -0.1) is 0 Å². The number of aromatic nitrogens is 4. The molecule has 6 rings (SSSR count). The summed E-state index contributed by atoms with van der Waals surface area (Å²) >= 11 is 0. The molecule has 1 aromatic carbocycles. The van der Waals surface area contributed by atoms with E-state index in [9.17, 15) is 10.2 Å². The van der Waals surface area contributed by atoms with Crippen molar-refractivity contribution < 1.29 is 10.2 Å². The van der Waals surface area contributed by atoms with E-state index in [1.165, 1.54) is 70.1 Å². The highest BCUT2D eigenvalue weighted by Crippen LogP contribution is 2.42. The predicted molar refractivity (Wildman–Crippen MR) is 147 cm³/mol. The third kappa shape index (κ3) is 3.99. The summed E-state index contributed by atoms with van der Waals surface area (Å²) in [6, 6.07) is 7.61. The lowest BCUT2D eigenvalue weighted by atomic mass is 9.75. The zero-order chi connectivity index (χ0) is 25.9. The fourth-order valence-electron chi connectivity index (χ4n) is 6.85. The van der Waals surface area contributed by atoms with Crippen LogP contribution in [0.3, 0.4) is 0 Å². The SMILES string of the molecule is Cc1c(-c2[nH]c3ccc(C4CCC(N5CC(CO)(CO)C5)CC4)cc3c2C(C)C)cn2ncnc2c1C. The molecule has 2 aliphatic rings. The van der Waals surface area contributed by atoms with Gasteiger partial charge in [0, 0.05) is 47.2 Å². The first kappa shape index (κ1) is 24.6. The number of pyridine rings is 1. The maximum atomic E-state index is 9.63. The minimum Gasteiger partial charge on any atom is -0.396 e. The molecule has 0 bridgehead atoms. The lowest BCUT2D eigenvalue weighted by Crippen LogP contribution is -2.63. The van der Waals surface area contributed by atoms with Crippen molar-refractivity contribution in [1.29, 1.82) is 0 Å². The van der Waals surface area contributed by atoms with Gasteiger partial charge in [-0.05, 0) is 85.8 Å².